The zero-order valence-electron chi connectivity index (χ0n) is 13.6. The van der Waals surface area contributed by atoms with Crippen LogP contribution in [0.5, 0.6) is 0 Å². The first-order valence-corrected chi connectivity index (χ1v) is 8.27. The molecule has 0 saturated carbocycles. The number of carbonyl (C=O) groups is 1. The van der Waals surface area contributed by atoms with E-state index >= 15 is 0 Å². The zero-order valence-corrected chi connectivity index (χ0v) is 14.4. The summed E-state index contributed by atoms with van der Waals surface area (Å²) in [4.78, 5) is 37.3. The lowest BCUT2D eigenvalue weighted by molar-refractivity contribution is -0.385. The number of terminal acetylenes is 1. The molecular weight excluding hydrogens is 372 g/mol. The van der Waals surface area contributed by atoms with Crippen molar-refractivity contribution in [1.82, 2.24) is 4.57 Å². The molecule has 0 unspecified atom stereocenters. The first-order valence-electron chi connectivity index (χ1n) is 7.45. The number of rotatable bonds is 4. The average molecular weight is 382 g/mol. The lowest BCUT2D eigenvalue weighted by atomic mass is 10.2. The second-order valence-electron chi connectivity index (χ2n) is 5.30. The van der Waals surface area contributed by atoms with E-state index in [1.807, 2.05) is 0 Å². The Bertz CT molecular complexity index is 1180. The number of nitrogens with zero attached hydrogens (tertiary/aromatic N) is 4. The standard InChI is InChI=1S/C17H10N4O5S/c1-2-9-19-14-10-13(21(25)26)7-8-15(14)27-17(19)18-16(22)11-3-5-12(6-4-11)20(23)24/h1,3-8,10H,9H2. The van der Waals surface area contributed by atoms with E-state index in [-0.39, 0.29) is 28.3 Å². The Morgan fingerprint density at radius 1 is 1.11 bits per heavy atom. The molecule has 1 heterocycles. The van der Waals surface area contributed by atoms with Gasteiger partial charge in [0.05, 0.1) is 26.6 Å². The largest absolute Gasteiger partial charge is 0.304 e. The van der Waals surface area contributed by atoms with Crippen LogP contribution < -0.4 is 4.80 Å². The number of nitro groups is 2. The first-order chi connectivity index (χ1) is 12.9. The highest BCUT2D eigenvalue weighted by atomic mass is 32.1. The van der Waals surface area contributed by atoms with Crippen LogP contribution in [0.3, 0.4) is 0 Å². The normalized spacial score (nSPS) is 11.3. The summed E-state index contributed by atoms with van der Waals surface area (Å²) in [6.07, 6.45) is 5.37. The van der Waals surface area contributed by atoms with Gasteiger partial charge in [-0.1, -0.05) is 17.3 Å². The second-order valence-corrected chi connectivity index (χ2v) is 6.31. The van der Waals surface area contributed by atoms with Crippen LogP contribution in [0.15, 0.2) is 47.5 Å². The van der Waals surface area contributed by atoms with Crippen molar-refractivity contribution in [2.24, 2.45) is 4.99 Å². The molecule has 0 radical (unpaired) electrons. The van der Waals surface area contributed by atoms with E-state index in [4.69, 9.17) is 6.42 Å². The Morgan fingerprint density at radius 3 is 2.33 bits per heavy atom. The molecule has 0 atom stereocenters. The maximum Gasteiger partial charge on any atom is 0.279 e. The van der Waals surface area contributed by atoms with Crippen molar-refractivity contribution in [2.75, 3.05) is 0 Å². The van der Waals surface area contributed by atoms with Gasteiger partial charge in [-0.05, 0) is 18.2 Å². The van der Waals surface area contributed by atoms with Crippen LogP contribution in [0.1, 0.15) is 10.4 Å². The van der Waals surface area contributed by atoms with Gasteiger partial charge >= 0.3 is 0 Å². The molecule has 1 aromatic heterocycles. The predicted molar refractivity (Wildman–Crippen MR) is 98.3 cm³/mol. The number of non-ortho nitro benzene ring substituents is 2. The van der Waals surface area contributed by atoms with E-state index < -0.39 is 15.8 Å². The third-order valence-electron chi connectivity index (χ3n) is 3.65. The minimum atomic E-state index is -0.600. The Labute approximate surface area is 155 Å². The fourth-order valence-corrected chi connectivity index (χ4v) is 3.39. The molecule has 0 aliphatic heterocycles. The van der Waals surface area contributed by atoms with Gasteiger partial charge < -0.3 is 4.57 Å². The van der Waals surface area contributed by atoms with Gasteiger partial charge in [-0.2, -0.15) is 4.99 Å². The van der Waals surface area contributed by atoms with Crippen LogP contribution in [-0.4, -0.2) is 20.3 Å². The number of hydrogen-bond donors (Lipinski definition) is 0. The number of aromatic nitrogens is 1. The predicted octanol–water partition coefficient (Wildman–Crippen LogP) is 2.89. The molecule has 0 aliphatic carbocycles. The number of nitro benzene ring substituents is 2. The van der Waals surface area contributed by atoms with E-state index in [9.17, 15) is 25.0 Å². The Hall–Kier alpha value is -3.84. The minimum absolute atomic E-state index is 0.0769. The zero-order chi connectivity index (χ0) is 19.6. The molecule has 0 spiro atoms. The van der Waals surface area contributed by atoms with Gasteiger partial charge in [0.2, 0.25) is 0 Å². The highest BCUT2D eigenvalue weighted by Gasteiger charge is 2.14. The molecule has 3 rings (SSSR count). The number of thiazole rings is 1. The average Bonchev–Trinajstić information content (AvgIpc) is 2.98. The number of fused-ring (bicyclic) bond motifs is 1. The van der Waals surface area contributed by atoms with Gasteiger partial charge in [-0.15, -0.1) is 6.42 Å². The molecule has 2 aromatic carbocycles. The SMILES string of the molecule is C#CCn1c(=NC(=O)c2ccc([N+](=O)[O-])cc2)sc2ccc([N+](=O)[O-])cc21. The van der Waals surface area contributed by atoms with Gasteiger partial charge in [-0.25, -0.2) is 0 Å². The van der Waals surface area contributed by atoms with Crippen molar-refractivity contribution >= 4 is 38.8 Å². The van der Waals surface area contributed by atoms with Crippen LogP contribution in [0.25, 0.3) is 10.2 Å². The molecule has 10 heteroatoms. The molecule has 9 nitrogen and oxygen atoms in total. The van der Waals surface area contributed by atoms with E-state index in [1.165, 1.54) is 41.0 Å². The molecule has 1 amide bonds. The Morgan fingerprint density at radius 2 is 1.74 bits per heavy atom. The molecule has 0 aliphatic rings. The molecule has 3 aromatic rings. The monoisotopic (exact) mass is 382 g/mol. The molecule has 0 bridgehead atoms. The fourth-order valence-electron chi connectivity index (χ4n) is 2.38. The summed E-state index contributed by atoms with van der Waals surface area (Å²) >= 11 is 1.16. The summed E-state index contributed by atoms with van der Waals surface area (Å²) in [5.41, 5.74) is 0.445. The Kier molecular flexibility index (Phi) is 4.78. The van der Waals surface area contributed by atoms with Crippen LogP contribution in [0.4, 0.5) is 11.4 Å². The van der Waals surface area contributed by atoms with E-state index in [2.05, 4.69) is 10.9 Å². The quantitative estimate of drug-likeness (QED) is 0.390. The number of amides is 1. The van der Waals surface area contributed by atoms with Crippen molar-refractivity contribution in [3.05, 3.63) is 73.1 Å². The Balaban J connectivity index is 2.10. The van der Waals surface area contributed by atoms with Gasteiger partial charge in [0.15, 0.2) is 4.80 Å². The summed E-state index contributed by atoms with van der Waals surface area (Å²) < 4.78 is 2.22. The second kappa shape index (κ2) is 7.19. The van der Waals surface area contributed by atoms with Crippen molar-refractivity contribution in [2.45, 2.75) is 6.54 Å². The van der Waals surface area contributed by atoms with E-state index in [0.29, 0.717) is 10.2 Å². The highest BCUT2D eigenvalue weighted by Crippen LogP contribution is 2.23. The molecule has 134 valence electrons. The number of hydrogen-bond acceptors (Lipinski definition) is 6. The van der Waals surface area contributed by atoms with Gasteiger partial charge in [0.1, 0.15) is 0 Å². The van der Waals surface area contributed by atoms with Crippen LogP contribution in [0.2, 0.25) is 0 Å². The van der Waals surface area contributed by atoms with Crippen LogP contribution in [-0.2, 0) is 6.54 Å². The lowest BCUT2D eigenvalue weighted by Crippen LogP contribution is -2.16. The molecule has 27 heavy (non-hydrogen) atoms. The molecule has 0 saturated heterocycles. The third-order valence-corrected chi connectivity index (χ3v) is 4.71. The molecular formula is C17H10N4O5S. The smallest absolute Gasteiger partial charge is 0.279 e. The summed E-state index contributed by atoms with van der Waals surface area (Å²) in [5.74, 6) is 1.84. The summed E-state index contributed by atoms with van der Waals surface area (Å²) in [6, 6.07) is 9.36. The maximum absolute atomic E-state index is 12.4. The first kappa shape index (κ1) is 18.0. The number of benzene rings is 2. The van der Waals surface area contributed by atoms with Crippen molar-refractivity contribution < 1.29 is 14.6 Å². The van der Waals surface area contributed by atoms with E-state index in [0.717, 1.165) is 11.3 Å². The maximum atomic E-state index is 12.4. The van der Waals surface area contributed by atoms with E-state index in [1.54, 1.807) is 6.07 Å². The van der Waals surface area contributed by atoms with Crippen molar-refractivity contribution in [3.8, 4) is 12.3 Å². The van der Waals surface area contributed by atoms with Gasteiger partial charge in [-0.3, -0.25) is 25.0 Å². The fraction of sp³-hybridized carbons (Fsp3) is 0.0588. The van der Waals surface area contributed by atoms with Crippen molar-refractivity contribution in [1.29, 1.82) is 0 Å². The third kappa shape index (κ3) is 3.58. The topological polar surface area (TPSA) is 121 Å². The lowest BCUT2D eigenvalue weighted by Gasteiger charge is -2.00. The minimum Gasteiger partial charge on any atom is -0.304 e. The summed E-state index contributed by atoms with van der Waals surface area (Å²) in [5, 5.41) is 21.7. The van der Waals surface area contributed by atoms with Crippen LogP contribution >= 0.6 is 11.3 Å². The van der Waals surface area contributed by atoms with Crippen molar-refractivity contribution in [3.63, 3.8) is 0 Å². The molecule has 0 N–H and O–H groups in total. The number of carbonyl (C=O) groups excluding carboxylic acids is 1. The van der Waals surface area contributed by atoms with Gasteiger partial charge in [0, 0.05) is 29.8 Å². The van der Waals surface area contributed by atoms with Gasteiger partial charge in [0.25, 0.3) is 17.3 Å². The summed E-state index contributed by atoms with van der Waals surface area (Å²) in [6.45, 7) is 0.0769. The molecule has 0 fully saturated rings. The highest BCUT2D eigenvalue weighted by molar-refractivity contribution is 7.16. The summed E-state index contributed by atoms with van der Waals surface area (Å²) in [7, 11) is 0. The van der Waals surface area contributed by atoms with Crippen LogP contribution in [0, 0.1) is 32.6 Å².